The molecule has 0 spiro atoms. The van der Waals surface area contributed by atoms with Gasteiger partial charge < -0.3 is 5.11 Å². The Kier molecular flexibility index (Phi) is 6.84. The van der Waals surface area contributed by atoms with Crippen molar-refractivity contribution < 1.29 is 9.90 Å². The van der Waals surface area contributed by atoms with Gasteiger partial charge in [-0.25, -0.2) is 0 Å². The molecule has 3 heteroatoms. The van der Waals surface area contributed by atoms with Crippen LogP contribution in [0.4, 0.5) is 0 Å². The van der Waals surface area contributed by atoms with Crippen molar-refractivity contribution in [2.75, 3.05) is 13.1 Å². The lowest BCUT2D eigenvalue weighted by molar-refractivity contribution is -0.150. The molecule has 1 saturated heterocycles. The van der Waals surface area contributed by atoms with E-state index in [0.717, 1.165) is 32.4 Å². The molecule has 0 amide bonds. The summed E-state index contributed by atoms with van der Waals surface area (Å²) in [5.41, 5.74) is -0.0910. The first-order valence-corrected chi connectivity index (χ1v) is 7.96. The second-order valence-corrected chi connectivity index (χ2v) is 6.64. The Hall–Kier alpha value is -0.570. The number of unbranched alkanes of at least 4 members (excludes halogenated alkanes) is 5. The molecule has 0 aromatic heterocycles. The first-order valence-electron chi connectivity index (χ1n) is 7.96. The lowest BCUT2D eigenvalue weighted by Gasteiger charge is -2.44. The van der Waals surface area contributed by atoms with E-state index in [2.05, 4.69) is 25.7 Å². The molecule has 1 atom stereocenters. The summed E-state index contributed by atoms with van der Waals surface area (Å²) < 4.78 is 0. The minimum Gasteiger partial charge on any atom is -0.480 e. The molecule has 0 aliphatic carbocycles. The van der Waals surface area contributed by atoms with Crippen LogP contribution in [0.5, 0.6) is 0 Å². The van der Waals surface area contributed by atoms with E-state index in [1.807, 2.05) is 0 Å². The minimum atomic E-state index is -0.643. The summed E-state index contributed by atoms with van der Waals surface area (Å²) in [5, 5.41) is 9.48. The molecule has 0 aromatic rings. The van der Waals surface area contributed by atoms with E-state index in [1.165, 1.54) is 32.1 Å². The third-order valence-corrected chi connectivity index (χ3v) is 4.40. The molecule has 1 rings (SSSR count). The first-order chi connectivity index (χ1) is 8.99. The third-order valence-electron chi connectivity index (χ3n) is 4.40. The molecular formula is C16H31NO2. The first kappa shape index (κ1) is 16.5. The van der Waals surface area contributed by atoms with Crippen molar-refractivity contribution >= 4 is 5.97 Å². The summed E-state index contributed by atoms with van der Waals surface area (Å²) >= 11 is 0. The van der Waals surface area contributed by atoms with E-state index in [1.54, 1.807) is 0 Å². The van der Waals surface area contributed by atoms with Crippen LogP contribution in [0, 0.1) is 5.41 Å². The fourth-order valence-electron chi connectivity index (χ4n) is 3.32. The van der Waals surface area contributed by atoms with Crippen LogP contribution in [-0.2, 0) is 4.79 Å². The highest BCUT2D eigenvalue weighted by atomic mass is 16.4. The van der Waals surface area contributed by atoms with Gasteiger partial charge in [0.25, 0.3) is 0 Å². The molecular weight excluding hydrogens is 238 g/mol. The molecule has 19 heavy (non-hydrogen) atoms. The van der Waals surface area contributed by atoms with Gasteiger partial charge >= 0.3 is 5.97 Å². The van der Waals surface area contributed by atoms with Crippen LogP contribution in [0.15, 0.2) is 0 Å². The summed E-state index contributed by atoms with van der Waals surface area (Å²) in [6.07, 6.45) is 9.76. The SMILES string of the molecule is CCCCCCCCN1CCCC(C)(C)C1C(=O)O. The number of hydrogen-bond donors (Lipinski definition) is 1. The van der Waals surface area contributed by atoms with Crippen LogP contribution in [-0.4, -0.2) is 35.1 Å². The van der Waals surface area contributed by atoms with E-state index in [4.69, 9.17) is 0 Å². The van der Waals surface area contributed by atoms with Gasteiger partial charge in [0.05, 0.1) is 0 Å². The minimum absolute atomic E-state index is 0.0910. The van der Waals surface area contributed by atoms with Crippen molar-refractivity contribution in [3.8, 4) is 0 Å². The van der Waals surface area contributed by atoms with Crippen molar-refractivity contribution in [3.05, 3.63) is 0 Å². The lowest BCUT2D eigenvalue weighted by Crippen LogP contribution is -2.54. The van der Waals surface area contributed by atoms with Crippen molar-refractivity contribution in [1.82, 2.24) is 4.90 Å². The molecule has 0 bridgehead atoms. The number of carboxylic acids is 1. The van der Waals surface area contributed by atoms with Gasteiger partial charge in [-0.3, -0.25) is 9.69 Å². The Morgan fingerprint density at radius 1 is 1.21 bits per heavy atom. The molecule has 0 aromatic carbocycles. The lowest BCUT2D eigenvalue weighted by atomic mass is 9.76. The highest BCUT2D eigenvalue weighted by Gasteiger charge is 2.41. The largest absolute Gasteiger partial charge is 0.480 e. The highest BCUT2D eigenvalue weighted by molar-refractivity contribution is 5.74. The molecule has 0 saturated carbocycles. The molecule has 3 nitrogen and oxygen atoms in total. The number of carboxylic acid groups (broad SMARTS) is 1. The summed E-state index contributed by atoms with van der Waals surface area (Å²) in [4.78, 5) is 13.7. The zero-order valence-corrected chi connectivity index (χ0v) is 13.0. The van der Waals surface area contributed by atoms with Gasteiger partial charge in [-0.1, -0.05) is 52.9 Å². The summed E-state index contributed by atoms with van der Waals surface area (Å²) in [7, 11) is 0. The molecule has 112 valence electrons. The molecule has 1 fully saturated rings. The van der Waals surface area contributed by atoms with Crippen LogP contribution >= 0.6 is 0 Å². The monoisotopic (exact) mass is 269 g/mol. The van der Waals surface area contributed by atoms with Crippen molar-refractivity contribution in [2.24, 2.45) is 5.41 Å². The number of hydrogen-bond acceptors (Lipinski definition) is 2. The number of piperidine rings is 1. The zero-order chi connectivity index (χ0) is 14.3. The Labute approximate surface area is 118 Å². The number of nitrogens with zero attached hydrogens (tertiary/aromatic N) is 1. The topological polar surface area (TPSA) is 40.5 Å². The number of rotatable bonds is 8. The van der Waals surface area contributed by atoms with Crippen LogP contribution in [0.3, 0.4) is 0 Å². The summed E-state index contributed by atoms with van der Waals surface area (Å²) in [6.45, 7) is 8.33. The second-order valence-electron chi connectivity index (χ2n) is 6.64. The maximum absolute atomic E-state index is 11.5. The van der Waals surface area contributed by atoms with Gasteiger partial charge in [-0.15, -0.1) is 0 Å². The normalized spacial score (nSPS) is 23.4. The van der Waals surface area contributed by atoms with Gasteiger partial charge in [-0.2, -0.15) is 0 Å². The zero-order valence-electron chi connectivity index (χ0n) is 13.0. The van der Waals surface area contributed by atoms with E-state index >= 15 is 0 Å². The highest BCUT2D eigenvalue weighted by Crippen LogP contribution is 2.35. The smallest absolute Gasteiger partial charge is 0.321 e. The fraction of sp³-hybridized carbons (Fsp3) is 0.938. The number of aliphatic carboxylic acids is 1. The third kappa shape index (κ3) is 5.13. The van der Waals surface area contributed by atoms with Crippen LogP contribution < -0.4 is 0 Å². The Morgan fingerprint density at radius 3 is 2.47 bits per heavy atom. The van der Waals surface area contributed by atoms with E-state index in [9.17, 15) is 9.90 Å². The number of likely N-dealkylation sites (tertiary alicyclic amines) is 1. The van der Waals surface area contributed by atoms with Crippen molar-refractivity contribution in [1.29, 1.82) is 0 Å². The van der Waals surface area contributed by atoms with Gasteiger partial charge in [0.1, 0.15) is 6.04 Å². The van der Waals surface area contributed by atoms with Crippen LogP contribution in [0.2, 0.25) is 0 Å². The molecule has 1 aliphatic rings. The predicted molar refractivity (Wildman–Crippen MR) is 79.4 cm³/mol. The summed E-state index contributed by atoms with van der Waals surface area (Å²) in [5.74, 6) is -0.643. The average Bonchev–Trinajstić information content (AvgIpc) is 2.31. The van der Waals surface area contributed by atoms with Crippen LogP contribution in [0.25, 0.3) is 0 Å². The standard InChI is InChI=1S/C16H31NO2/c1-4-5-6-7-8-9-12-17-13-10-11-16(2,3)14(17)15(18)19/h14H,4-13H2,1-3H3,(H,18,19). The Morgan fingerprint density at radius 2 is 1.84 bits per heavy atom. The maximum Gasteiger partial charge on any atom is 0.321 e. The van der Waals surface area contributed by atoms with E-state index < -0.39 is 5.97 Å². The Balaban J connectivity index is 2.36. The second kappa shape index (κ2) is 7.88. The van der Waals surface area contributed by atoms with E-state index in [-0.39, 0.29) is 11.5 Å². The average molecular weight is 269 g/mol. The fourth-order valence-corrected chi connectivity index (χ4v) is 3.32. The van der Waals surface area contributed by atoms with Crippen LogP contribution in [0.1, 0.15) is 72.1 Å². The van der Waals surface area contributed by atoms with Gasteiger partial charge in [-0.05, 0) is 37.8 Å². The van der Waals surface area contributed by atoms with Gasteiger partial charge in [0, 0.05) is 0 Å². The quantitative estimate of drug-likeness (QED) is 0.679. The predicted octanol–water partition coefficient (Wildman–Crippen LogP) is 3.92. The number of carbonyl (C=O) groups is 1. The molecule has 1 aliphatic heterocycles. The van der Waals surface area contributed by atoms with Gasteiger partial charge in [0.2, 0.25) is 0 Å². The van der Waals surface area contributed by atoms with E-state index in [0.29, 0.717) is 0 Å². The summed E-state index contributed by atoms with van der Waals surface area (Å²) in [6, 6.07) is -0.295. The van der Waals surface area contributed by atoms with Crippen molar-refractivity contribution in [3.63, 3.8) is 0 Å². The maximum atomic E-state index is 11.5. The van der Waals surface area contributed by atoms with Crippen molar-refractivity contribution in [2.45, 2.75) is 78.2 Å². The Bertz CT molecular complexity index is 276. The molecule has 1 N–H and O–H groups in total. The molecule has 0 radical (unpaired) electrons. The molecule has 1 unspecified atom stereocenters. The van der Waals surface area contributed by atoms with Gasteiger partial charge in [0.15, 0.2) is 0 Å². The molecule has 1 heterocycles.